The Morgan fingerprint density at radius 1 is 1.24 bits per heavy atom. The minimum atomic E-state index is -0.920. The largest absolute Gasteiger partial charge is 0.480 e. The van der Waals surface area contributed by atoms with E-state index in [1.54, 1.807) is 4.90 Å². The molecule has 2 heterocycles. The molecule has 3 fully saturated rings. The molecule has 21 heavy (non-hydrogen) atoms. The predicted octanol–water partition coefficient (Wildman–Crippen LogP) is 1.07. The Morgan fingerprint density at radius 2 is 2.00 bits per heavy atom. The molecular formula is C15H25N3O3. The Kier molecular flexibility index (Phi) is 4.06. The summed E-state index contributed by atoms with van der Waals surface area (Å²) < 4.78 is 0. The minimum absolute atomic E-state index is 0.0802. The van der Waals surface area contributed by atoms with Crippen molar-refractivity contribution >= 4 is 12.0 Å². The number of nitrogens with zero attached hydrogens (tertiary/aromatic N) is 3. The monoisotopic (exact) mass is 295 g/mol. The number of carboxylic acid groups (broad SMARTS) is 1. The van der Waals surface area contributed by atoms with Crippen molar-refractivity contribution in [3.05, 3.63) is 0 Å². The fourth-order valence-electron chi connectivity index (χ4n) is 3.62. The van der Waals surface area contributed by atoms with Gasteiger partial charge in [-0.25, -0.2) is 4.79 Å². The van der Waals surface area contributed by atoms with E-state index in [1.807, 2.05) is 4.90 Å². The Morgan fingerprint density at radius 3 is 2.67 bits per heavy atom. The molecule has 2 saturated heterocycles. The summed E-state index contributed by atoms with van der Waals surface area (Å²) in [6, 6.07) is 0.559. The third kappa shape index (κ3) is 3.31. The van der Waals surface area contributed by atoms with Crippen molar-refractivity contribution in [1.29, 1.82) is 0 Å². The number of carbonyl (C=O) groups is 2. The molecule has 0 aromatic rings. The smallest absolute Gasteiger partial charge is 0.323 e. The first-order valence-electron chi connectivity index (χ1n) is 8.06. The van der Waals surface area contributed by atoms with Crippen LogP contribution >= 0.6 is 0 Å². The van der Waals surface area contributed by atoms with Gasteiger partial charge in [-0.05, 0) is 45.1 Å². The molecule has 2 unspecified atom stereocenters. The third-order valence-corrected chi connectivity index (χ3v) is 4.96. The second-order valence-corrected chi connectivity index (χ2v) is 6.79. The normalized spacial score (nSPS) is 29.3. The van der Waals surface area contributed by atoms with E-state index in [9.17, 15) is 9.59 Å². The highest BCUT2D eigenvalue weighted by Crippen LogP contribution is 2.31. The first kappa shape index (κ1) is 14.6. The van der Waals surface area contributed by atoms with Crippen LogP contribution in [0.15, 0.2) is 0 Å². The van der Waals surface area contributed by atoms with Gasteiger partial charge in [0.15, 0.2) is 0 Å². The lowest BCUT2D eigenvalue weighted by molar-refractivity contribution is -0.137. The van der Waals surface area contributed by atoms with E-state index in [0.29, 0.717) is 18.5 Å². The molecular weight excluding hydrogens is 270 g/mol. The first-order valence-corrected chi connectivity index (χ1v) is 8.06. The summed E-state index contributed by atoms with van der Waals surface area (Å²) in [6.45, 7) is 5.30. The first-order chi connectivity index (χ1) is 10.0. The maximum Gasteiger partial charge on any atom is 0.323 e. The molecule has 1 N–H and O–H groups in total. The fourth-order valence-corrected chi connectivity index (χ4v) is 3.62. The number of hydrogen-bond donors (Lipinski definition) is 1. The number of aliphatic carboxylic acids is 1. The van der Waals surface area contributed by atoms with Crippen LogP contribution < -0.4 is 0 Å². The van der Waals surface area contributed by atoms with E-state index >= 15 is 0 Å². The van der Waals surface area contributed by atoms with E-state index in [0.717, 1.165) is 38.9 Å². The minimum Gasteiger partial charge on any atom is -0.480 e. The van der Waals surface area contributed by atoms with E-state index in [2.05, 4.69) is 11.8 Å². The van der Waals surface area contributed by atoms with Crippen molar-refractivity contribution in [2.75, 3.05) is 32.7 Å². The predicted molar refractivity (Wildman–Crippen MR) is 78.1 cm³/mol. The molecule has 3 rings (SSSR count). The number of carboxylic acids is 1. The molecule has 0 spiro atoms. The van der Waals surface area contributed by atoms with Gasteiger partial charge in [0.1, 0.15) is 6.54 Å². The topological polar surface area (TPSA) is 64.1 Å². The molecule has 2 aliphatic heterocycles. The average molecular weight is 295 g/mol. The molecule has 0 radical (unpaired) electrons. The summed E-state index contributed by atoms with van der Waals surface area (Å²) in [5, 5.41) is 9.06. The number of carbonyl (C=O) groups excluding carboxylic acids is 1. The van der Waals surface area contributed by atoms with Gasteiger partial charge < -0.3 is 14.9 Å². The van der Waals surface area contributed by atoms with Crippen molar-refractivity contribution in [3.63, 3.8) is 0 Å². The molecule has 2 amide bonds. The summed E-state index contributed by atoms with van der Waals surface area (Å²) in [4.78, 5) is 29.7. The van der Waals surface area contributed by atoms with Gasteiger partial charge in [0, 0.05) is 31.7 Å². The standard InChI is InChI=1S/C15H25N3O3/c1-11-7-16-6-2-3-13(16)9-18(11)15(21)17(10-14(19)20)8-12-4-5-12/h11-13H,2-10H2,1H3,(H,19,20). The zero-order valence-electron chi connectivity index (χ0n) is 12.7. The van der Waals surface area contributed by atoms with Gasteiger partial charge in [-0.3, -0.25) is 9.69 Å². The van der Waals surface area contributed by atoms with Gasteiger partial charge in [-0.15, -0.1) is 0 Å². The fraction of sp³-hybridized carbons (Fsp3) is 0.867. The molecule has 3 aliphatic rings. The number of rotatable bonds is 4. The Labute approximate surface area is 125 Å². The zero-order valence-corrected chi connectivity index (χ0v) is 12.7. The quantitative estimate of drug-likeness (QED) is 0.842. The van der Waals surface area contributed by atoms with Gasteiger partial charge in [0.05, 0.1) is 0 Å². The van der Waals surface area contributed by atoms with Crippen LogP contribution in [0, 0.1) is 5.92 Å². The molecule has 118 valence electrons. The molecule has 0 aromatic heterocycles. The van der Waals surface area contributed by atoms with Crippen molar-refractivity contribution in [3.8, 4) is 0 Å². The Hall–Kier alpha value is -1.30. The highest BCUT2D eigenvalue weighted by atomic mass is 16.4. The molecule has 1 aliphatic carbocycles. The van der Waals surface area contributed by atoms with Crippen LogP contribution in [0.4, 0.5) is 4.79 Å². The van der Waals surface area contributed by atoms with Gasteiger partial charge in [-0.2, -0.15) is 0 Å². The van der Waals surface area contributed by atoms with Gasteiger partial charge in [0.25, 0.3) is 0 Å². The zero-order chi connectivity index (χ0) is 15.0. The van der Waals surface area contributed by atoms with Crippen LogP contribution in [-0.4, -0.2) is 76.6 Å². The summed E-state index contributed by atoms with van der Waals surface area (Å²) >= 11 is 0. The Bertz CT molecular complexity index is 424. The number of fused-ring (bicyclic) bond motifs is 1. The number of urea groups is 1. The van der Waals surface area contributed by atoms with E-state index in [4.69, 9.17) is 5.11 Å². The lowest BCUT2D eigenvalue weighted by atomic mass is 10.1. The van der Waals surface area contributed by atoms with Crippen molar-refractivity contribution < 1.29 is 14.7 Å². The van der Waals surface area contributed by atoms with E-state index in [-0.39, 0.29) is 18.6 Å². The van der Waals surface area contributed by atoms with Crippen LogP contribution in [0.3, 0.4) is 0 Å². The van der Waals surface area contributed by atoms with Gasteiger partial charge >= 0.3 is 12.0 Å². The summed E-state index contributed by atoms with van der Waals surface area (Å²) in [5.74, 6) is -0.410. The van der Waals surface area contributed by atoms with Gasteiger partial charge in [-0.1, -0.05) is 0 Å². The SMILES string of the molecule is CC1CN2CCCC2CN1C(=O)N(CC(=O)O)CC1CC1. The van der Waals surface area contributed by atoms with Crippen LogP contribution in [0.25, 0.3) is 0 Å². The molecule has 0 bridgehead atoms. The number of hydrogen-bond acceptors (Lipinski definition) is 3. The van der Waals surface area contributed by atoms with Gasteiger partial charge in [0.2, 0.25) is 0 Å². The molecule has 6 nitrogen and oxygen atoms in total. The highest BCUT2D eigenvalue weighted by molar-refractivity contribution is 5.80. The second kappa shape index (κ2) is 5.83. The highest BCUT2D eigenvalue weighted by Gasteiger charge is 2.39. The molecule has 6 heteroatoms. The van der Waals surface area contributed by atoms with Crippen molar-refractivity contribution in [2.45, 2.75) is 44.7 Å². The van der Waals surface area contributed by atoms with Crippen LogP contribution in [-0.2, 0) is 4.79 Å². The second-order valence-electron chi connectivity index (χ2n) is 6.79. The lowest BCUT2D eigenvalue weighted by Crippen LogP contribution is -2.60. The van der Waals surface area contributed by atoms with Crippen LogP contribution in [0.2, 0.25) is 0 Å². The maximum atomic E-state index is 12.8. The summed E-state index contributed by atoms with van der Waals surface area (Å²) in [6.07, 6.45) is 4.60. The van der Waals surface area contributed by atoms with Crippen molar-refractivity contribution in [1.82, 2.24) is 14.7 Å². The average Bonchev–Trinajstić information content (AvgIpc) is 3.12. The number of piperazine rings is 1. The maximum absolute atomic E-state index is 12.8. The third-order valence-electron chi connectivity index (χ3n) is 4.96. The molecule has 2 atom stereocenters. The molecule has 1 saturated carbocycles. The number of amides is 2. The van der Waals surface area contributed by atoms with E-state index in [1.165, 1.54) is 6.42 Å². The van der Waals surface area contributed by atoms with E-state index < -0.39 is 5.97 Å². The molecule has 0 aromatic carbocycles. The van der Waals surface area contributed by atoms with Crippen LogP contribution in [0.1, 0.15) is 32.6 Å². The van der Waals surface area contributed by atoms with Crippen molar-refractivity contribution in [2.24, 2.45) is 5.92 Å². The van der Waals surface area contributed by atoms with Crippen LogP contribution in [0.5, 0.6) is 0 Å². The Balaban J connectivity index is 1.66. The summed E-state index contributed by atoms with van der Waals surface area (Å²) in [7, 11) is 0. The lowest BCUT2D eigenvalue weighted by Gasteiger charge is -2.43. The summed E-state index contributed by atoms with van der Waals surface area (Å²) in [5.41, 5.74) is 0.